The van der Waals surface area contributed by atoms with Crippen LogP contribution in [0.1, 0.15) is 29.7 Å². The van der Waals surface area contributed by atoms with Crippen LogP contribution in [0.25, 0.3) is 5.82 Å². The van der Waals surface area contributed by atoms with Gasteiger partial charge in [0.2, 0.25) is 0 Å². The SMILES string of the molecule is C[C@H](O)c1cccc2c1C(F)(F)C(=O)N2Cc1ccnc(-n2nccn2)c1. The predicted octanol–water partition coefficient (Wildman–Crippen LogP) is 2.35. The van der Waals surface area contributed by atoms with Crippen molar-refractivity contribution in [2.75, 3.05) is 4.90 Å². The number of benzene rings is 1. The molecule has 7 nitrogen and oxygen atoms in total. The topological polar surface area (TPSA) is 84.1 Å². The van der Waals surface area contributed by atoms with Gasteiger partial charge in [-0.3, -0.25) is 4.79 Å². The molecule has 1 aliphatic rings. The largest absolute Gasteiger partial charge is 0.389 e. The van der Waals surface area contributed by atoms with E-state index in [-0.39, 0.29) is 17.8 Å². The highest BCUT2D eigenvalue weighted by Crippen LogP contribution is 2.47. The predicted molar refractivity (Wildman–Crippen MR) is 91.3 cm³/mol. The molecule has 3 heterocycles. The number of hydrogen-bond acceptors (Lipinski definition) is 5. The van der Waals surface area contributed by atoms with E-state index in [1.54, 1.807) is 18.2 Å². The summed E-state index contributed by atoms with van der Waals surface area (Å²) >= 11 is 0. The molecule has 0 spiro atoms. The van der Waals surface area contributed by atoms with Gasteiger partial charge in [0.25, 0.3) is 0 Å². The van der Waals surface area contributed by atoms with Crippen molar-refractivity contribution in [3.05, 3.63) is 65.6 Å². The van der Waals surface area contributed by atoms with E-state index in [0.29, 0.717) is 11.4 Å². The van der Waals surface area contributed by atoms with Gasteiger partial charge >= 0.3 is 11.8 Å². The lowest BCUT2D eigenvalue weighted by atomic mass is 9.98. The van der Waals surface area contributed by atoms with Crippen molar-refractivity contribution in [3.8, 4) is 5.82 Å². The number of carbonyl (C=O) groups excluding carboxylic acids is 1. The van der Waals surface area contributed by atoms with Crippen molar-refractivity contribution in [3.63, 3.8) is 0 Å². The molecular formula is C18H15F2N5O2. The van der Waals surface area contributed by atoms with Crippen molar-refractivity contribution < 1.29 is 18.7 Å². The zero-order chi connectivity index (χ0) is 19.2. The minimum Gasteiger partial charge on any atom is -0.389 e. The van der Waals surface area contributed by atoms with Crippen LogP contribution in [-0.2, 0) is 17.3 Å². The fraction of sp³-hybridized carbons (Fsp3) is 0.222. The molecule has 0 fully saturated rings. The second-order valence-electron chi connectivity index (χ2n) is 6.22. The van der Waals surface area contributed by atoms with Crippen LogP contribution in [-0.4, -0.2) is 31.0 Å². The summed E-state index contributed by atoms with van der Waals surface area (Å²) in [5, 5.41) is 17.8. The number of nitrogens with zero attached hydrogens (tertiary/aromatic N) is 5. The third kappa shape index (κ3) is 2.76. The molecule has 0 radical (unpaired) electrons. The summed E-state index contributed by atoms with van der Waals surface area (Å²) in [5.41, 5.74) is 0.299. The quantitative estimate of drug-likeness (QED) is 0.761. The number of anilines is 1. The van der Waals surface area contributed by atoms with E-state index in [0.717, 1.165) is 4.90 Å². The zero-order valence-corrected chi connectivity index (χ0v) is 14.3. The fourth-order valence-corrected chi connectivity index (χ4v) is 3.20. The third-order valence-electron chi connectivity index (χ3n) is 4.42. The molecule has 3 aromatic rings. The van der Waals surface area contributed by atoms with Crippen LogP contribution in [0.2, 0.25) is 0 Å². The van der Waals surface area contributed by atoms with Crippen LogP contribution in [0.4, 0.5) is 14.5 Å². The molecule has 1 amide bonds. The highest BCUT2D eigenvalue weighted by atomic mass is 19.3. The smallest absolute Gasteiger partial charge is 0.352 e. The summed E-state index contributed by atoms with van der Waals surface area (Å²) in [6.07, 6.45) is 3.37. The Morgan fingerprint density at radius 1 is 1.19 bits per heavy atom. The maximum absolute atomic E-state index is 14.7. The number of pyridine rings is 1. The van der Waals surface area contributed by atoms with Crippen LogP contribution in [0.5, 0.6) is 0 Å². The molecule has 0 aliphatic carbocycles. The maximum atomic E-state index is 14.7. The first kappa shape index (κ1) is 17.2. The number of fused-ring (bicyclic) bond motifs is 1. The van der Waals surface area contributed by atoms with Gasteiger partial charge in [-0.1, -0.05) is 12.1 Å². The Labute approximate surface area is 152 Å². The Kier molecular flexibility index (Phi) is 3.96. The van der Waals surface area contributed by atoms with E-state index >= 15 is 0 Å². The first-order valence-electron chi connectivity index (χ1n) is 8.22. The molecule has 0 saturated heterocycles. The molecule has 1 aromatic carbocycles. The Morgan fingerprint density at radius 3 is 2.63 bits per heavy atom. The average molecular weight is 371 g/mol. The van der Waals surface area contributed by atoms with Crippen LogP contribution in [0.15, 0.2) is 48.9 Å². The van der Waals surface area contributed by atoms with Crippen molar-refractivity contribution in [2.45, 2.75) is 25.5 Å². The monoisotopic (exact) mass is 371 g/mol. The number of aliphatic hydroxyl groups excluding tert-OH is 1. The highest BCUT2D eigenvalue weighted by Gasteiger charge is 2.54. The molecule has 4 rings (SSSR count). The number of amides is 1. The number of aromatic nitrogens is 4. The van der Waals surface area contributed by atoms with Gasteiger partial charge in [-0.05, 0) is 36.2 Å². The second kappa shape index (κ2) is 6.20. The number of hydrogen-bond donors (Lipinski definition) is 1. The standard InChI is InChI=1S/C18H15F2N5O2/c1-11(26)13-3-2-4-14-16(13)18(19,20)17(27)24(14)10-12-5-6-21-15(9-12)25-22-7-8-23-25/h2-9,11,26H,10H2,1H3/t11-/m0/s1. The molecule has 2 aromatic heterocycles. The number of alkyl halides is 2. The van der Waals surface area contributed by atoms with Gasteiger partial charge in [-0.15, -0.1) is 4.80 Å². The van der Waals surface area contributed by atoms with Crippen LogP contribution < -0.4 is 4.90 Å². The summed E-state index contributed by atoms with van der Waals surface area (Å²) < 4.78 is 29.3. The summed E-state index contributed by atoms with van der Waals surface area (Å²) in [7, 11) is 0. The van der Waals surface area contributed by atoms with Crippen LogP contribution in [0, 0.1) is 0 Å². The number of halogens is 2. The van der Waals surface area contributed by atoms with Gasteiger partial charge < -0.3 is 10.0 Å². The van der Waals surface area contributed by atoms with Crippen LogP contribution >= 0.6 is 0 Å². The van der Waals surface area contributed by atoms with E-state index in [4.69, 9.17) is 0 Å². The lowest BCUT2D eigenvalue weighted by Gasteiger charge is -2.18. The summed E-state index contributed by atoms with van der Waals surface area (Å²) in [6, 6.07) is 7.67. The normalized spacial score (nSPS) is 16.4. The van der Waals surface area contributed by atoms with Gasteiger partial charge in [0, 0.05) is 6.20 Å². The first-order valence-corrected chi connectivity index (χ1v) is 8.22. The lowest BCUT2D eigenvalue weighted by molar-refractivity contribution is -0.141. The number of carbonyl (C=O) groups is 1. The summed E-state index contributed by atoms with van der Waals surface area (Å²) in [4.78, 5) is 18.9. The molecule has 0 bridgehead atoms. The lowest BCUT2D eigenvalue weighted by Crippen LogP contribution is -2.34. The number of aliphatic hydroxyl groups is 1. The molecule has 1 N–H and O–H groups in total. The van der Waals surface area contributed by atoms with Gasteiger partial charge in [0.1, 0.15) is 0 Å². The minimum atomic E-state index is -3.69. The summed E-state index contributed by atoms with van der Waals surface area (Å²) in [6.45, 7) is 1.33. The van der Waals surface area contributed by atoms with Crippen molar-refractivity contribution >= 4 is 11.6 Å². The molecule has 1 aliphatic heterocycles. The number of rotatable bonds is 4. The molecule has 0 unspecified atom stereocenters. The second-order valence-corrected chi connectivity index (χ2v) is 6.22. The van der Waals surface area contributed by atoms with Gasteiger partial charge in [0.15, 0.2) is 5.82 Å². The van der Waals surface area contributed by atoms with E-state index in [2.05, 4.69) is 15.2 Å². The zero-order valence-electron chi connectivity index (χ0n) is 14.3. The molecule has 1 atom stereocenters. The molecule has 0 saturated carbocycles. The molecule has 138 valence electrons. The average Bonchev–Trinajstić information content (AvgIpc) is 3.25. The van der Waals surface area contributed by atoms with Gasteiger partial charge in [-0.25, -0.2) is 4.98 Å². The highest BCUT2D eigenvalue weighted by molar-refractivity contribution is 6.06. The summed E-state index contributed by atoms with van der Waals surface area (Å²) in [5.74, 6) is -4.60. The van der Waals surface area contributed by atoms with Crippen LogP contribution in [0.3, 0.4) is 0 Å². The molecule has 27 heavy (non-hydrogen) atoms. The van der Waals surface area contributed by atoms with E-state index < -0.39 is 23.5 Å². The van der Waals surface area contributed by atoms with Crippen molar-refractivity contribution in [1.82, 2.24) is 20.0 Å². The van der Waals surface area contributed by atoms with Crippen molar-refractivity contribution in [2.24, 2.45) is 0 Å². The Balaban J connectivity index is 1.74. The van der Waals surface area contributed by atoms with E-state index in [9.17, 15) is 18.7 Å². The fourth-order valence-electron chi connectivity index (χ4n) is 3.20. The van der Waals surface area contributed by atoms with E-state index in [1.165, 1.54) is 42.4 Å². The van der Waals surface area contributed by atoms with Crippen molar-refractivity contribution in [1.29, 1.82) is 0 Å². The van der Waals surface area contributed by atoms with Gasteiger partial charge in [-0.2, -0.15) is 19.0 Å². The Hall–Kier alpha value is -3.20. The van der Waals surface area contributed by atoms with Gasteiger partial charge in [0.05, 0.1) is 36.3 Å². The maximum Gasteiger partial charge on any atom is 0.352 e. The molecular weight excluding hydrogens is 356 g/mol. The Morgan fingerprint density at radius 2 is 1.93 bits per heavy atom. The first-order chi connectivity index (χ1) is 12.9. The van der Waals surface area contributed by atoms with E-state index in [1.807, 2.05) is 0 Å². The Bertz CT molecular complexity index is 1000. The third-order valence-corrected chi connectivity index (χ3v) is 4.42. The molecule has 9 heteroatoms. The minimum absolute atomic E-state index is 0.0458.